The van der Waals surface area contributed by atoms with Gasteiger partial charge in [-0.3, -0.25) is 0 Å². The molecule has 1 aliphatic heterocycles. The SMILES string of the molecule is O=C(OC[C@@H]1O[C@H](O)[C@H](OC(=O)c2ccccc2)[C@@H]1OC(=O)c1ccccc1)c1ccccc1. The van der Waals surface area contributed by atoms with Crippen LogP contribution in [0.25, 0.3) is 0 Å². The molecule has 0 radical (unpaired) electrons. The van der Waals surface area contributed by atoms with Crippen molar-refractivity contribution >= 4 is 17.9 Å². The molecule has 1 saturated heterocycles. The van der Waals surface area contributed by atoms with Crippen LogP contribution in [0.15, 0.2) is 91.0 Å². The number of rotatable bonds is 7. The lowest BCUT2D eigenvalue weighted by Gasteiger charge is -2.23. The molecule has 4 atom stereocenters. The lowest BCUT2D eigenvalue weighted by atomic mass is 10.1. The maximum absolute atomic E-state index is 12.7. The Bertz CT molecular complexity index is 1120. The van der Waals surface area contributed by atoms with Gasteiger partial charge in [-0.15, -0.1) is 0 Å². The van der Waals surface area contributed by atoms with E-state index in [1.807, 2.05) is 0 Å². The first-order valence-corrected chi connectivity index (χ1v) is 10.6. The third-order valence-corrected chi connectivity index (χ3v) is 5.18. The Labute approximate surface area is 195 Å². The normalized spacial score (nSPS) is 21.4. The van der Waals surface area contributed by atoms with Crippen LogP contribution in [0.2, 0.25) is 0 Å². The lowest BCUT2D eigenvalue weighted by molar-refractivity contribution is -0.135. The van der Waals surface area contributed by atoms with Crippen LogP contribution in [0.4, 0.5) is 0 Å². The molecule has 8 heteroatoms. The molecule has 0 saturated carbocycles. The van der Waals surface area contributed by atoms with Gasteiger partial charge in [0.05, 0.1) is 16.7 Å². The van der Waals surface area contributed by atoms with E-state index >= 15 is 0 Å². The summed E-state index contributed by atoms with van der Waals surface area (Å²) in [5.74, 6) is -2.05. The van der Waals surface area contributed by atoms with Crippen molar-refractivity contribution in [1.82, 2.24) is 0 Å². The molecule has 4 rings (SSSR count). The predicted octanol–water partition coefficient (Wildman–Crippen LogP) is 3.01. The Kier molecular flexibility index (Phi) is 7.31. The van der Waals surface area contributed by atoms with Crippen molar-refractivity contribution in [2.75, 3.05) is 6.61 Å². The first-order chi connectivity index (χ1) is 16.5. The zero-order chi connectivity index (χ0) is 23.9. The molecular weight excluding hydrogens is 440 g/mol. The number of hydrogen-bond acceptors (Lipinski definition) is 8. The molecule has 3 aromatic rings. The van der Waals surface area contributed by atoms with E-state index in [1.54, 1.807) is 91.0 Å². The molecule has 34 heavy (non-hydrogen) atoms. The third kappa shape index (κ3) is 5.48. The van der Waals surface area contributed by atoms with Crippen molar-refractivity contribution in [1.29, 1.82) is 0 Å². The Morgan fingerprint density at radius 3 is 1.53 bits per heavy atom. The number of ether oxygens (including phenoxy) is 4. The van der Waals surface area contributed by atoms with Gasteiger partial charge in [0.1, 0.15) is 12.7 Å². The van der Waals surface area contributed by atoms with Gasteiger partial charge in [0, 0.05) is 0 Å². The monoisotopic (exact) mass is 462 g/mol. The van der Waals surface area contributed by atoms with Gasteiger partial charge in [0.2, 0.25) is 0 Å². The fourth-order valence-electron chi connectivity index (χ4n) is 3.46. The Morgan fingerprint density at radius 1 is 0.647 bits per heavy atom. The van der Waals surface area contributed by atoms with E-state index in [-0.39, 0.29) is 17.7 Å². The summed E-state index contributed by atoms with van der Waals surface area (Å²) in [5, 5.41) is 10.5. The quantitative estimate of drug-likeness (QED) is 0.422. The summed E-state index contributed by atoms with van der Waals surface area (Å²) in [6.45, 7) is -0.336. The molecular formula is C26H22O8. The highest BCUT2D eigenvalue weighted by Gasteiger charge is 2.50. The zero-order valence-corrected chi connectivity index (χ0v) is 18.0. The van der Waals surface area contributed by atoms with Crippen LogP contribution in [0.1, 0.15) is 31.1 Å². The molecule has 3 aromatic carbocycles. The van der Waals surface area contributed by atoms with E-state index in [0.717, 1.165) is 0 Å². The van der Waals surface area contributed by atoms with Crippen molar-refractivity contribution in [3.05, 3.63) is 108 Å². The molecule has 8 nitrogen and oxygen atoms in total. The first kappa shape index (κ1) is 23.2. The first-order valence-electron chi connectivity index (χ1n) is 10.6. The average Bonchev–Trinajstić information content (AvgIpc) is 3.17. The molecule has 0 unspecified atom stereocenters. The summed E-state index contributed by atoms with van der Waals surface area (Å²) in [5.41, 5.74) is 0.838. The largest absolute Gasteiger partial charge is 0.459 e. The molecule has 0 aromatic heterocycles. The highest BCUT2D eigenvalue weighted by molar-refractivity contribution is 5.90. The van der Waals surface area contributed by atoms with E-state index in [2.05, 4.69) is 0 Å². The zero-order valence-electron chi connectivity index (χ0n) is 18.0. The molecule has 174 valence electrons. The van der Waals surface area contributed by atoms with Gasteiger partial charge in [0.25, 0.3) is 0 Å². The fourth-order valence-corrected chi connectivity index (χ4v) is 3.46. The van der Waals surface area contributed by atoms with Gasteiger partial charge in [-0.2, -0.15) is 0 Å². The molecule has 1 fully saturated rings. The highest BCUT2D eigenvalue weighted by atomic mass is 16.7. The van der Waals surface area contributed by atoms with Gasteiger partial charge in [-0.1, -0.05) is 54.6 Å². The Morgan fingerprint density at radius 2 is 1.06 bits per heavy atom. The topological polar surface area (TPSA) is 108 Å². The number of esters is 3. The van der Waals surface area contributed by atoms with E-state index in [4.69, 9.17) is 18.9 Å². The van der Waals surface area contributed by atoms with Gasteiger partial charge < -0.3 is 24.1 Å². The summed E-state index contributed by atoms with van der Waals surface area (Å²) in [6, 6.07) is 24.7. The molecule has 0 spiro atoms. The Balaban J connectivity index is 1.51. The van der Waals surface area contributed by atoms with Crippen molar-refractivity contribution in [3.8, 4) is 0 Å². The average molecular weight is 462 g/mol. The second-order valence-corrected chi connectivity index (χ2v) is 7.50. The molecule has 1 heterocycles. The predicted molar refractivity (Wildman–Crippen MR) is 119 cm³/mol. The maximum Gasteiger partial charge on any atom is 0.338 e. The van der Waals surface area contributed by atoms with Crippen molar-refractivity contribution in [2.24, 2.45) is 0 Å². The van der Waals surface area contributed by atoms with Gasteiger partial charge in [0.15, 0.2) is 18.5 Å². The van der Waals surface area contributed by atoms with E-state index in [9.17, 15) is 19.5 Å². The van der Waals surface area contributed by atoms with Crippen molar-refractivity contribution in [2.45, 2.75) is 24.6 Å². The number of benzene rings is 3. The highest BCUT2D eigenvalue weighted by Crippen LogP contribution is 2.28. The van der Waals surface area contributed by atoms with Gasteiger partial charge in [-0.05, 0) is 36.4 Å². The van der Waals surface area contributed by atoms with E-state index < -0.39 is 42.5 Å². The Hall–Kier alpha value is -4.01. The van der Waals surface area contributed by atoms with Crippen molar-refractivity contribution in [3.63, 3.8) is 0 Å². The van der Waals surface area contributed by atoms with Crippen molar-refractivity contribution < 1.29 is 38.4 Å². The van der Waals surface area contributed by atoms with E-state index in [1.165, 1.54) is 0 Å². The summed E-state index contributed by atoms with van der Waals surface area (Å²) < 4.78 is 21.8. The smallest absolute Gasteiger partial charge is 0.338 e. The number of aliphatic hydroxyl groups excluding tert-OH is 1. The molecule has 0 aliphatic carbocycles. The minimum Gasteiger partial charge on any atom is -0.459 e. The van der Waals surface area contributed by atoms with Crippen LogP contribution < -0.4 is 0 Å². The minimum atomic E-state index is -1.60. The summed E-state index contributed by atoms with van der Waals surface area (Å²) >= 11 is 0. The van der Waals surface area contributed by atoms with Crippen LogP contribution in [0, 0.1) is 0 Å². The second-order valence-electron chi connectivity index (χ2n) is 7.50. The molecule has 1 N–H and O–H groups in total. The molecule has 0 bridgehead atoms. The van der Waals surface area contributed by atoms with E-state index in [0.29, 0.717) is 5.56 Å². The maximum atomic E-state index is 12.7. The van der Waals surface area contributed by atoms with Crippen LogP contribution in [0.5, 0.6) is 0 Å². The molecule has 1 aliphatic rings. The number of aliphatic hydroxyl groups is 1. The minimum absolute atomic E-state index is 0.252. The number of carbonyl (C=O) groups is 3. The summed E-state index contributed by atoms with van der Waals surface area (Å²) in [6.07, 6.45) is -5.22. The standard InChI is InChI=1S/C26H22O8/c27-23(17-10-4-1-5-11-17)31-16-20-21(33-24(28)18-12-6-2-7-13-18)22(26(30)32-20)34-25(29)19-14-8-3-9-15-19/h1-15,20-22,26,30H,16H2/t20-,21+,22+,26-/m0/s1. The lowest BCUT2D eigenvalue weighted by Crippen LogP contribution is -2.42. The number of carbonyl (C=O) groups excluding carboxylic acids is 3. The van der Waals surface area contributed by atoms with Crippen LogP contribution in [0.3, 0.4) is 0 Å². The van der Waals surface area contributed by atoms with Gasteiger partial charge in [-0.25, -0.2) is 14.4 Å². The summed E-state index contributed by atoms with van der Waals surface area (Å²) in [7, 11) is 0. The fraction of sp³-hybridized carbons (Fsp3) is 0.192. The second kappa shape index (κ2) is 10.7. The van der Waals surface area contributed by atoms with Gasteiger partial charge >= 0.3 is 17.9 Å². The van der Waals surface area contributed by atoms with Crippen LogP contribution in [-0.2, 0) is 18.9 Å². The summed E-state index contributed by atoms with van der Waals surface area (Å²) in [4.78, 5) is 37.6. The molecule has 0 amide bonds. The third-order valence-electron chi connectivity index (χ3n) is 5.18. The van der Waals surface area contributed by atoms with Crippen LogP contribution >= 0.6 is 0 Å². The van der Waals surface area contributed by atoms with Crippen LogP contribution in [-0.4, -0.2) is 54.2 Å². The number of hydrogen-bond donors (Lipinski definition) is 1.